The molecule has 1 atom stereocenters. The van der Waals surface area contributed by atoms with E-state index in [2.05, 4.69) is 20.4 Å². The van der Waals surface area contributed by atoms with E-state index in [-0.39, 0.29) is 6.61 Å². The van der Waals surface area contributed by atoms with Crippen LogP contribution < -0.4 is 0 Å². The molecule has 0 bridgehead atoms. The van der Waals surface area contributed by atoms with Crippen LogP contribution in [0.5, 0.6) is 0 Å². The predicted octanol–water partition coefficient (Wildman–Crippen LogP) is 7.57. The van der Waals surface area contributed by atoms with Crippen molar-refractivity contribution in [3.8, 4) is 0 Å². The second-order valence-electron chi connectivity index (χ2n) is 7.65. The Balaban J connectivity index is 0. The van der Waals surface area contributed by atoms with Crippen molar-refractivity contribution in [2.45, 2.75) is 136 Å². The highest BCUT2D eigenvalue weighted by Gasteiger charge is 2.00. The van der Waals surface area contributed by atoms with E-state index >= 15 is 0 Å². The van der Waals surface area contributed by atoms with Crippen LogP contribution in [0.25, 0.3) is 0 Å². The zero-order valence-corrected chi connectivity index (χ0v) is 18.2. The Kier molecular flexibility index (Phi) is 28.8. The van der Waals surface area contributed by atoms with Crippen LogP contribution in [0, 0.1) is 0 Å². The van der Waals surface area contributed by atoms with Crippen LogP contribution in [0.2, 0.25) is 0 Å². The van der Waals surface area contributed by atoms with E-state index in [0.29, 0.717) is 0 Å². The van der Waals surface area contributed by atoms with Gasteiger partial charge in [-0.2, -0.15) is 0 Å². The molecule has 0 aliphatic carbocycles. The maximum Gasteiger partial charge on any atom is 0.0770 e. The number of unbranched alkanes of at least 4 members (excludes halogenated alkanes) is 15. The minimum atomic E-state index is -0.491. The minimum Gasteiger partial charge on any atom is -0.394 e. The molecule has 26 heavy (non-hydrogen) atoms. The van der Waals surface area contributed by atoms with E-state index in [1.54, 1.807) is 0 Å². The minimum absolute atomic E-state index is 0.0868. The molecule has 2 N–H and O–H groups in total. The van der Waals surface area contributed by atoms with Crippen molar-refractivity contribution >= 4 is 0 Å². The van der Waals surface area contributed by atoms with Gasteiger partial charge in [0.1, 0.15) is 0 Å². The average molecular weight is 371 g/mol. The maximum absolute atomic E-state index is 9.08. The maximum atomic E-state index is 9.08. The van der Waals surface area contributed by atoms with Crippen LogP contribution in [0.15, 0.2) is 12.7 Å². The first kappa shape index (κ1) is 27.9. The highest BCUT2D eigenvalue weighted by atomic mass is 16.3. The molecule has 0 rings (SSSR count). The van der Waals surface area contributed by atoms with Gasteiger partial charge in [-0.05, 0) is 19.3 Å². The van der Waals surface area contributed by atoms with Gasteiger partial charge in [-0.15, -0.1) is 6.58 Å². The van der Waals surface area contributed by atoms with Gasteiger partial charge in [0.2, 0.25) is 0 Å². The molecule has 158 valence electrons. The number of aliphatic hydroxyl groups is 2. The number of rotatable bonds is 19. The van der Waals surface area contributed by atoms with Crippen LogP contribution in [0.4, 0.5) is 0 Å². The molecule has 0 spiro atoms. The van der Waals surface area contributed by atoms with Crippen molar-refractivity contribution in [3.05, 3.63) is 12.7 Å². The average Bonchev–Trinajstić information content (AvgIpc) is 2.66. The van der Waals surface area contributed by atoms with E-state index < -0.39 is 6.10 Å². The highest BCUT2D eigenvalue weighted by molar-refractivity contribution is 4.65. The topological polar surface area (TPSA) is 40.5 Å². The number of allylic oxidation sites excluding steroid dienone is 1. The molecular weight excluding hydrogens is 320 g/mol. The lowest BCUT2D eigenvalue weighted by Crippen LogP contribution is -2.10. The van der Waals surface area contributed by atoms with Crippen molar-refractivity contribution < 1.29 is 10.2 Å². The van der Waals surface area contributed by atoms with Gasteiger partial charge in [0.05, 0.1) is 12.7 Å². The highest BCUT2D eigenvalue weighted by Crippen LogP contribution is 2.10. The van der Waals surface area contributed by atoms with Gasteiger partial charge in [0.15, 0.2) is 0 Å². The second-order valence-corrected chi connectivity index (χ2v) is 7.65. The molecule has 1 unspecified atom stereocenters. The van der Waals surface area contributed by atoms with Crippen molar-refractivity contribution in [3.63, 3.8) is 0 Å². The molecular formula is C24H50O2. The Bertz CT molecular complexity index is 240. The Labute approximate surface area is 165 Å². The fourth-order valence-electron chi connectivity index (χ4n) is 3.03. The standard InChI is InChI=1S/C12H26O2.C12H24/c1-2-3-4-5-6-7-8-9-10-12(14)11-13;1-3-5-7-9-11-12-10-8-6-4-2/h12-14H,2-11H2,1H3;3H,1,4-12H2,2H3. The third-order valence-corrected chi connectivity index (χ3v) is 4.86. The van der Waals surface area contributed by atoms with E-state index in [1.165, 1.54) is 103 Å². The number of hydrogen-bond donors (Lipinski definition) is 2. The summed E-state index contributed by atoms with van der Waals surface area (Å²) in [5.74, 6) is 0. The molecule has 2 heteroatoms. The van der Waals surface area contributed by atoms with E-state index in [1.807, 2.05) is 6.08 Å². The first-order chi connectivity index (χ1) is 12.7. The fourth-order valence-corrected chi connectivity index (χ4v) is 3.03. The summed E-state index contributed by atoms with van der Waals surface area (Å²) >= 11 is 0. The summed E-state index contributed by atoms with van der Waals surface area (Å²) in [6, 6.07) is 0. The smallest absolute Gasteiger partial charge is 0.0770 e. The molecule has 0 saturated carbocycles. The Hall–Kier alpha value is -0.340. The van der Waals surface area contributed by atoms with Gasteiger partial charge in [0.25, 0.3) is 0 Å². The van der Waals surface area contributed by atoms with Gasteiger partial charge in [-0.25, -0.2) is 0 Å². The monoisotopic (exact) mass is 370 g/mol. The van der Waals surface area contributed by atoms with Crippen LogP contribution in [0.1, 0.15) is 129 Å². The summed E-state index contributed by atoms with van der Waals surface area (Å²) in [6.07, 6.45) is 25.0. The van der Waals surface area contributed by atoms with Crippen LogP contribution in [-0.2, 0) is 0 Å². The van der Waals surface area contributed by atoms with Crippen LogP contribution in [0.3, 0.4) is 0 Å². The number of aliphatic hydroxyl groups excluding tert-OH is 2. The third-order valence-electron chi connectivity index (χ3n) is 4.86. The van der Waals surface area contributed by atoms with Crippen molar-refractivity contribution in [2.24, 2.45) is 0 Å². The van der Waals surface area contributed by atoms with Gasteiger partial charge in [-0.3, -0.25) is 0 Å². The summed E-state index contributed by atoms with van der Waals surface area (Å²) in [5.41, 5.74) is 0. The predicted molar refractivity (Wildman–Crippen MR) is 118 cm³/mol. The second kappa shape index (κ2) is 26.9. The first-order valence-electron chi connectivity index (χ1n) is 11.6. The van der Waals surface area contributed by atoms with Gasteiger partial charge < -0.3 is 10.2 Å². The molecule has 0 aliphatic heterocycles. The summed E-state index contributed by atoms with van der Waals surface area (Å²) in [5, 5.41) is 17.7. The van der Waals surface area contributed by atoms with Crippen LogP contribution in [-0.4, -0.2) is 22.9 Å². The zero-order chi connectivity index (χ0) is 19.7. The molecule has 0 heterocycles. The fraction of sp³-hybridized carbons (Fsp3) is 0.917. The molecule has 0 aromatic heterocycles. The molecule has 0 aliphatic rings. The Morgan fingerprint density at radius 3 is 1.42 bits per heavy atom. The molecule has 0 saturated heterocycles. The molecule has 0 radical (unpaired) electrons. The van der Waals surface area contributed by atoms with E-state index in [9.17, 15) is 0 Å². The van der Waals surface area contributed by atoms with E-state index in [0.717, 1.165) is 12.8 Å². The third kappa shape index (κ3) is 28.5. The summed E-state index contributed by atoms with van der Waals surface area (Å²) in [6.45, 7) is 8.13. The molecule has 0 amide bonds. The lowest BCUT2D eigenvalue weighted by atomic mass is 10.1. The number of hydrogen-bond acceptors (Lipinski definition) is 2. The van der Waals surface area contributed by atoms with Crippen LogP contribution >= 0.6 is 0 Å². The Morgan fingerprint density at radius 1 is 0.654 bits per heavy atom. The molecule has 0 aromatic carbocycles. The summed E-state index contributed by atoms with van der Waals surface area (Å²) < 4.78 is 0. The van der Waals surface area contributed by atoms with Crippen molar-refractivity contribution in [1.82, 2.24) is 0 Å². The van der Waals surface area contributed by atoms with E-state index in [4.69, 9.17) is 10.2 Å². The van der Waals surface area contributed by atoms with Crippen molar-refractivity contribution in [2.75, 3.05) is 6.61 Å². The zero-order valence-electron chi connectivity index (χ0n) is 18.2. The largest absolute Gasteiger partial charge is 0.394 e. The lowest BCUT2D eigenvalue weighted by molar-refractivity contribution is 0.0860. The molecule has 0 fully saturated rings. The summed E-state index contributed by atoms with van der Waals surface area (Å²) in [4.78, 5) is 0. The SMILES string of the molecule is C=CCCCCCCCCCC.CCCCCCCCCCC(O)CO. The quantitative estimate of drug-likeness (QED) is 0.182. The lowest BCUT2D eigenvalue weighted by Gasteiger charge is -2.06. The van der Waals surface area contributed by atoms with Crippen molar-refractivity contribution in [1.29, 1.82) is 0 Å². The first-order valence-corrected chi connectivity index (χ1v) is 11.6. The van der Waals surface area contributed by atoms with Gasteiger partial charge >= 0.3 is 0 Å². The van der Waals surface area contributed by atoms with Gasteiger partial charge in [-0.1, -0.05) is 116 Å². The normalized spacial score (nSPS) is 11.7. The molecule has 0 aromatic rings. The Morgan fingerprint density at radius 2 is 1.04 bits per heavy atom. The molecule has 2 nitrogen and oxygen atoms in total. The van der Waals surface area contributed by atoms with Gasteiger partial charge in [0, 0.05) is 0 Å². The summed E-state index contributed by atoms with van der Waals surface area (Å²) in [7, 11) is 0.